The van der Waals surface area contributed by atoms with Crippen LogP contribution in [-0.2, 0) is 13.1 Å². The molecule has 0 saturated carbocycles. The quantitative estimate of drug-likeness (QED) is 0.353. The number of carbonyl (C=O) groups is 1. The van der Waals surface area contributed by atoms with Crippen LogP contribution < -0.4 is 10.4 Å². The SMILES string of the molecule is COc1cccc2cc(C(=O)N3Cc4nn(-c5ccc(C)cc5C)c(-n5cccc5)c4C3)c(=O)oc12. The van der Waals surface area contributed by atoms with Crippen molar-refractivity contribution in [3.63, 3.8) is 0 Å². The molecule has 0 N–H and O–H groups in total. The van der Waals surface area contributed by atoms with Crippen molar-refractivity contribution in [3.05, 3.63) is 105 Å². The summed E-state index contributed by atoms with van der Waals surface area (Å²) in [5, 5.41) is 5.54. The molecule has 36 heavy (non-hydrogen) atoms. The van der Waals surface area contributed by atoms with Crippen molar-refractivity contribution in [3.8, 4) is 17.3 Å². The molecule has 0 spiro atoms. The van der Waals surface area contributed by atoms with Crippen LogP contribution in [0.4, 0.5) is 0 Å². The van der Waals surface area contributed by atoms with Crippen LogP contribution in [0.2, 0.25) is 0 Å². The van der Waals surface area contributed by atoms with Crippen LogP contribution in [0.15, 0.2) is 76.2 Å². The Kier molecular flexibility index (Phi) is 5.03. The van der Waals surface area contributed by atoms with E-state index >= 15 is 0 Å². The van der Waals surface area contributed by atoms with Crippen LogP contribution in [0.5, 0.6) is 5.75 Å². The maximum Gasteiger partial charge on any atom is 0.349 e. The number of ether oxygens (including phenoxy) is 1. The van der Waals surface area contributed by atoms with Crippen LogP contribution in [0.3, 0.4) is 0 Å². The Hall–Kier alpha value is -4.59. The summed E-state index contributed by atoms with van der Waals surface area (Å²) >= 11 is 0. The molecule has 0 saturated heterocycles. The van der Waals surface area contributed by atoms with E-state index in [0.717, 1.165) is 28.3 Å². The molecule has 0 aliphatic carbocycles. The van der Waals surface area contributed by atoms with Gasteiger partial charge in [0.2, 0.25) is 0 Å². The van der Waals surface area contributed by atoms with Crippen LogP contribution in [-0.4, -0.2) is 32.3 Å². The summed E-state index contributed by atoms with van der Waals surface area (Å²) in [6.07, 6.45) is 3.93. The number of para-hydroxylation sites is 1. The number of nitrogens with zero attached hydrogens (tertiary/aromatic N) is 4. The molecule has 0 fully saturated rings. The Morgan fingerprint density at radius 1 is 1.03 bits per heavy atom. The van der Waals surface area contributed by atoms with E-state index in [1.165, 1.54) is 12.7 Å². The molecule has 0 unspecified atom stereocenters. The predicted octanol–water partition coefficient (Wildman–Crippen LogP) is 4.55. The predicted molar refractivity (Wildman–Crippen MR) is 135 cm³/mol. The molecule has 0 radical (unpaired) electrons. The van der Waals surface area contributed by atoms with Gasteiger partial charge in [-0.15, -0.1) is 0 Å². The molecule has 3 aromatic heterocycles. The van der Waals surface area contributed by atoms with Crippen LogP contribution in [0.25, 0.3) is 22.5 Å². The Morgan fingerprint density at radius 3 is 2.58 bits per heavy atom. The molecule has 0 atom stereocenters. The number of aromatic nitrogens is 3. The summed E-state index contributed by atoms with van der Waals surface area (Å²) in [6.45, 7) is 4.77. The number of hydrogen-bond acceptors (Lipinski definition) is 5. The number of benzene rings is 2. The van der Waals surface area contributed by atoms with E-state index in [2.05, 4.69) is 32.0 Å². The molecule has 6 rings (SSSR count). The number of methoxy groups -OCH3 is 1. The van der Waals surface area contributed by atoms with Crippen LogP contribution in [0, 0.1) is 13.8 Å². The molecular weight excluding hydrogens is 456 g/mol. The minimum atomic E-state index is -0.687. The number of amides is 1. The monoisotopic (exact) mass is 480 g/mol. The minimum absolute atomic E-state index is 0.00863. The van der Waals surface area contributed by atoms with Crippen molar-refractivity contribution in [2.24, 2.45) is 0 Å². The number of aryl methyl sites for hydroxylation is 2. The lowest BCUT2D eigenvalue weighted by molar-refractivity contribution is 0.0745. The molecule has 8 heteroatoms. The largest absolute Gasteiger partial charge is 0.493 e. The summed E-state index contributed by atoms with van der Waals surface area (Å²) in [6, 6.07) is 17.0. The van der Waals surface area contributed by atoms with Gasteiger partial charge in [0.05, 0.1) is 31.6 Å². The lowest BCUT2D eigenvalue weighted by Gasteiger charge is -2.18. The highest BCUT2D eigenvalue weighted by Gasteiger charge is 2.33. The van der Waals surface area contributed by atoms with E-state index in [9.17, 15) is 9.59 Å². The number of hydrogen-bond donors (Lipinski definition) is 0. The lowest BCUT2D eigenvalue weighted by atomic mass is 10.1. The maximum absolute atomic E-state index is 13.5. The van der Waals surface area contributed by atoms with Crippen molar-refractivity contribution in [2.45, 2.75) is 26.9 Å². The first kappa shape index (κ1) is 21.9. The van der Waals surface area contributed by atoms with E-state index in [-0.39, 0.29) is 11.5 Å². The fourth-order valence-electron chi connectivity index (χ4n) is 4.90. The third-order valence-electron chi connectivity index (χ3n) is 6.62. The summed E-state index contributed by atoms with van der Waals surface area (Å²) in [5.41, 5.74) is 4.67. The lowest BCUT2D eigenvalue weighted by Crippen LogP contribution is -2.30. The highest BCUT2D eigenvalue weighted by molar-refractivity contribution is 5.97. The van der Waals surface area contributed by atoms with Crippen LogP contribution >= 0.6 is 0 Å². The fraction of sp³-hybridized carbons (Fsp3) is 0.179. The molecule has 2 aromatic carbocycles. The molecule has 1 amide bonds. The van der Waals surface area contributed by atoms with Crippen molar-refractivity contribution in [1.82, 2.24) is 19.2 Å². The van der Waals surface area contributed by atoms with Gasteiger partial charge >= 0.3 is 5.63 Å². The average Bonchev–Trinajstić information content (AvgIpc) is 3.59. The van der Waals surface area contributed by atoms with E-state index in [1.54, 1.807) is 29.2 Å². The van der Waals surface area contributed by atoms with Gasteiger partial charge in [-0.05, 0) is 49.7 Å². The molecule has 4 heterocycles. The molecule has 0 bridgehead atoms. The Balaban J connectivity index is 1.40. The first-order valence-corrected chi connectivity index (χ1v) is 11.7. The fourth-order valence-corrected chi connectivity index (χ4v) is 4.90. The third kappa shape index (κ3) is 3.41. The summed E-state index contributed by atoms with van der Waals surface area (Å²) in [4.78, 5) is 27.9. The van der Waals surface area contributed by atoms with Gasteiger partial charge in [-0.25, -0.2) is 9.48 Å². The number of rotatable bonds is 4. The van der Waals surface area contributed by atoms with E-state index < -0.39 is 5.63 Å². The van der Waals surface area contributed by atoms with Crippen molar-refractivity contribution >= 4 is 16.9 Å². The second kappa shape index (κ2) is 8.27. The van der Waals surface area contributed by atoms with Gasteiger partial charge in [-0.3, -0.25) is 4.79 Å². The number of carbonyl (C=O) groups excluding carboxylic acids is 1. The topological polar surface area (TPSA) is 82.5 Å². The summed E-state index contributed by atoms with van der Waals surface area (Å²) < 4.78 is 14.7. The zero-order valence-electron chi connectivity index (χ0n) is 20.2. The molecular formula is C28H24N4O4. The second-order valence-electron chi connectivity index (χ2n) is 9.03. The summed E-state index contributed by atoms with van der Waals surface area (Å²) in [5.74, 6) is 0.942. The Labute approximate surface area is 206 Å². The second-order valence-corrected chi connectivity index (χ2v) is 9.03. The standard InChI is InChI=1S/C28H24N4O4/c1-17-9-10-23(18(2)13-17)32-26(30-11-4-5-12-30)21-15-31(16-22(21)29-32)27(33)20-14-19-7-6-8-24(35-3)25(19)36-28(20)34/h4-14H,15-16H2,1-3H3. The van der Waals surface area contributed by atoms with Gasteiger partial charge in [0.25, 0.3) is 5.91 Å². The van der Waals surface area contributed by atoms with Crippen LogP contribution in [0.1, 0.15) is 32.7 Å². The first-order chi connectivity index (χ1) is 17.4. The molecule has 1 aliphatic heterocycles. The normalized spacial score (nSPS) is 12.8. The molecule has 180 valence electrons. The average molecular weight is 481 g/mol. The Bertz CT molecular complexity index is 1700. The van der Waals surface area contributed by atoms with Gasteiger partial charge in [0.1, 0.15) is 11.4 Å². The summed E-state index contributed by atoms with van der Waals surface area (Å²) in [7, 11) is 1.51. The smallest absolute Gasteiger partial charge is 0.349 e. The molecule has 8 nitrogen and oxygen atoms in total. The van der Waals surface area contributed by atoms with Crippen molar-refractivity contribution in [1.29, 1.82) is 0 Å². The molecule has 1 aliphatic rings. The highest BCUT2D eigenvalue weighted by atomic mass is 16.5. The van der Waals surface area contributed by atoms with E-state index in [0.29, 0.717) is 29.8 Å². The van der Waals surface area contributed by atoms with E-state index in [4.69, 9.17) is 14.3 Å². The van der Waals surface area contributed by atoms with Crippen molar-refractivity contribution < 1.29 is 13.9 Å². The minimum Gasteiger partial charge on any atom is -0.493 e. The Morgan fingerprint density at radius 2 is 1.83 bits per heavy atom. The third-order valence-corrected chi connectivity index (χ3v) is 6.62. The van der Waals surface area contributed by atoms with Gasteiger partial charge in [0, 0.05) is 23.3 Å². The zero-order valence-corrected chi connectivity index (χ0v) is 20.2. The van der Waals surface area contributed by atoms with Gasteiger partial charge in [-0.2, -0.15) is 5.10 Å². The zero-order chi connectivity index (χ0) is 25.0. The first-order valence-electron chi connectivity index (χ1n) is 11.7. The maximum atomic E-state index is 13.5. The number of fused-ring (bicyclic) bond motifs is 2. The van der Waals surface area contributed by atoms with E-state index in [1.807, 2.05) is 33.8 Å². The van der Waals surface area contributed by atoms with Gasteiger partial charge < -0.3 is 18.6 Å². The molecule has 5 aromatic rings. The van der Waals surface area contributed by atoms with Gasteiger partial charge in [-0.1, -0.05) is 29.8 Å². The highest BCUT2D eigenvalue weighted by Crippen LogP contribution is 2.32. The van der Waals surface area contributed by atoms with Crippen molar-refractivity contribution in [2.75, 3.05) is 7.11 Å². The van der Waals surface area contributed by atoms with Gasteiger partial charge in [0.15, 0.2) is 11.3 Å².